The largest absolute Gasteiger partial charge is 0.454 e. The van der Waals surface area contributed by atoms with Gasteiger partial charge in [0.25, 0.3) is 0 Å². The lowest BCUT2D eigenvalue weighted by atomic mass is 9.99. The van der Waals surface area contributed by atoms with Crippen LogP contribution in [0.15, 0.2) is 85.1 Å². The Kier molecular flexibility index (Phi) is 65.0. The van der Waals surface area contributed by atoms with Gasteiger partial charge in [0, 0.05) is 6.42 Å². The van der Waals surface area contributed by atoms with Gasteiger partial charge in [-0.25, -0.2) is 0 Å². The van der Waals surface area contributed by atoms with Crippen molar-refractivity contribution in [1.29, 1.82) is 0 Å². The number of unbranched alkanes of at least 4 members (excludes halogenated alkanes) is 42. The number of hydrogen-bond donors (Lipinski definition) is 6. The predicted molar refractivity (Wildman–Crippen MR) is 393 cm³/mol. The van der Waals surface area contributed by atoms with E-state index in [4.69, 9.17) is 14.2 Å². The number of carbonyl (C=O) groups is 2. The van der Waals surface area contributed by atoms with Gasteiger partial charge in [0.2, 0.25) is 5.91 Å². The third-order valence-electron chi connectivity index (χ3n) is 18.3. The zero-order chi connectivity index (χ0) is 67.4. The average Bonchev–Trinajstić information content (AvgIpc) is 0.918. The van der Waals surface area contributed by atoms with Crippen LogP contribution in [0.2, 0.25) is 0 Å². The van der Waals surface area contributed by atoms with Crippen molar-refractivity contribution in [3.8, 4) is 0 Å². The van der Waals surface area contributed by atoms with E-state index in [0.29, 0.717) is 12.8 Å². The van der Waals surface area contributed by atoms with Crippen LogP contribution in [0.3, 0.4) is 0 Å². The van der Waals surface area contributed by atoms with E-state index in [1.807, 2.05) is 6.08 Å². The van der Waals surface area contributed by atoms with Crippen LogP contribution < -0.4 is 5.32 Å². The second-order valence-electron chi connectivity index (χ2n) is 27.1. The monoisotopic (exact) mass is 1310 g/mol. The van der Waals surface area contributed by atoms with E-state index in [2.05, 4.69) is 99.0 Å². The molecule has 0 aromatic rings. The minimum atomic E-state index is -1.62. The second-order valence-corrected chi connectivity index (χ2v) is 27.1. The molecule has 1 rings (SSSR count). The number of nitrogens with one attached hydrogen (secondary N) is 1. The van der Waals surface area contributed by atoms with Crippen molar-refractivity contribution < 1.29 is 49.3 Å². The lowest BCUT2D eigenvalue weighted by Gasteiger charge is -2.41. The number of carbonyl (C=O) groups excluding carboxylic acids is 2. The quantitative estimate of drug-likeness (QED) is 0.0195. The number of aliphatic hydroxyl groups excluding tert-OH is 5. The molecule has 11 heteroatoms. The van der Waals surface area contributed by atoms with Crippen LogP contribution in [0.4, 0.5) is 0 Å². The molecule has 1 fully saturated rings. The third kappa shape index (κ3) is 55.5. The van der Waals surface area contributed by atoms with Crippen LogP contribution in [-0.4, -0.2) is 99.6 Å². The summed E-state index contributed by atoms with van der Waals surface area (Å²) >= 11 is 0. The van der Waals surface area contributed by atoms with Gasteiger partial charge in [0.05, 0.1) is 25.4 Å². The summed E-state index contributed by atoms with van der Waals surface area (Å²) in [6, 6.07) is -1.04. The van der Waals surface area contributed by atoms with E-state index < -0.39 is 67.4 Å². The summed E-state index contributed by atoms with van der Waals surface area (Å²) in [6.07, 6.45) is 82.1. The fourth-order valence-electron chi connectivity index (χ4n) is 12.2. The Morgan fingerprint density at radius 1 is 0.430 bits per heavy atom. The Morgan fingerprint density at radius 2 is 0.774 bits per heavy atom. The zero-order valence-corrected chi connectivity index (χ0v) is 60.4. The third-order valence-corrected chi connectivity index (χ3v) is 18.3. The van der Waals surface area contributed by atoms with E-state index in [0.717, 1.165) is 109 Å². The van der Waals surface area contributed by atoms with Gasteiger partial charge in [-0.2, -0.15) is 0 Å². The van der Waals surface area contributed by atoms with Crippen molar-refractivity contribution in [2.24, 2.45) is 0 Å². The maximum atomic E-state index is 13.5. The number of amides is 1. The Bertz CT molecular complexity index is 1840. The average molecular weight is 1310 g/mol. The molecule has 8 atom stereocenters. The minimum Gasteiger partial charge on any atom is -0.454 e. The van der Waals surface area contributed by atoms with Crippen molar-refractivity contribution in [2.75, 3.05) is 13.2 Å². The maximum Gasteiger partial charge on any atom is 0.306 e. The summed E-state index contributed by atoms with van der Waals surface area (Å²) in [5.74, 6) is -1.20. The number of esters is 1. The van der Waals surface area contributed by atoms with Crippen LogP contribution in [0.5, 0.6) is 0 Å². The van der Waals surface area contributed by atoms with Gasteiger partial charge in [-0.15, -0.1) is 0 Å². The van der Waals surface area contributed by atoms with E-state index in [1.165, 1.54) is 205 Å². The summed E-state index contributed by atoms with van der Waals surface area (Å²) < 4.78 is 17.8. The normalized spacial score (nSPS) is 18.3. The first kappa shape index (κ1) is 87.9. The highest BCUT2D eigenvalue weighted by Gasteiger charge is 2.47. The molecule has 93 heavy (non-hydrogen) atoms. The van der Waals surface area contributed by atoms with Gasteiger partial charge in [-0.05, 0) is 77.0 Å². The molecule has 8 unspecified atom stereocenters. The number of rotatable bonds is 68. The highest BCUT2D eigenvalue weighted by atomic mass is 16.7. The Labute approximate surface area is 572 Å². The smallest absolute Gasteiger partial charge is 0.306 e. The standard InChI is InChI=1S/C82H147NO10/c1-4-7-10-13-16-19-22-25-27-29-31-33-35-37-38-39-41-43-45-47-49-52-55-58-61-64-67-70-77(87)93-80-79(89)78(88)76(71-84)92-82(80)91-72-73(74(85)68-65-62-59-56-53-50-24-21-18-15-12-9-6-3)83-81(90)75(86)69-66-63-60-57-54-51-48-46-44-42-40-36-34-32-30-28-26-23-20-17-14-11-8-5-2/h8,11,17,20,26,28,32,34,40,42,46,48,65,68,73-76,78-80,82,84-86,88-89H,4-7,9-10,12-16,18-19,21-25,27,29-31,33,35-39,41,43-45,47,49-64,66-67,69-72H2,1-3H3,(H,83,90)/b11-8-,20-17-,28-26-,34-32-,42-40-,48-46-,68-65+. The molecule has 0 spiro atoms. The highest BCUT2D eigenvalue weighted by molar-refractivity contribution is 5.80. The lowest BCUT2D eigenvalue weighted by Crippen LogP contribution is -2.61. The number of allylic oxidation sites excluding steroid dienone is 13. The number of aliphatic hydroxyl groups is 5. The summed E-state index contributed by atoms with van der Waals surface area (Å²) in [5, 5.41) is 57.4. The van der Waals surface area contributed by atoms with E-state index in [-0.39, 0.29) is 19.4 Å². The highest BCUT2D eigenvalue weighted by Crippen LogP contribution is 2.27. The fourth-order valence-corrected chi connectivity index (χ4v) is 12.2. The van der Waals surface area contributed by atoms with Crippen LogP contribution in [-0.2, 0) is 23.8 Å². The molecule has 540 valence electrons. The molecule has 1 saturated heterocycles. The molecule has 0 radical (unpaired) electrons. The Morgan fingerprint density at radius 3 is 1.16 bits per heavy atom. The molecule has 1 amide bonds. The summed E-state index contributed by atoms with van der Waals surface area (Å²) in [6.45, 7) is 5.73. The SMILES string of the molecule is CC/C=C\C/C=C\C/C=C\C/C=C\C/C=C\C/C=C\CCCCCCCC(O)C(=O)NC(COC1OC(CO)C(O)C(O)C1OC(=O)CCCCCCCCCCCCCCCCCCCCCCCCCCCCC)C(O)/C=C/CCCCCCCCCCCCC. The Balaban J connectivity index is 2.53. The van der Waals surface area contributed by atoms with Crippen molar-refractivity contribution in [3.05, 3.63) is 85.1 Å². The summed E-state index contributed by atoms with van der Waals surface area (Å²) in [4.78, 5) is 26.8. The van der Waals surface area contributed by atoms with Gasteiger partial charge >= 0.3 is 5.97 Å². The molecular weight excluding hydrogens is 1160 g/mol. The second kappa shape index (κ2) is 68.8. The molecule has 0 bridgehead atoms. The predicted octanol–water partition coefficient (Wildman–Crippen LogP) is 21.2. The lowest BCUT2D eigenvalue weighted by molar-refractivity contribution is -0.305. The van der Waals surface area contributed by atoms with E-state index >= 15 is 0 Å². The molecule has 0 aromatic heterocycles. The molecule has 1 aliphatic rings. The van der Waals surface area contributed by atoms with Gasteiger partial charge in [0.1, 0.15) is 24.4 Å². The minimum absolute atomic E-state index is 0.123. The molecule has 0 aliphatic carbocycles. The zero-order valence-electron chi connectivity index (χ0n) is 60.4. The van der Waals surface area contributed by atoms with Gasteiger partial charge in [-0.1, -0.05) is 363 Å². The van der Waals surface area contributed by atoms with Crippen LogP contribution in [0.25, 0.3) is 0 Å². The van der Waals surface area contributed by atoms with Crippen LogP contribution in [0.1, 0.15) is 361 Å². The van der Waals surface area contributed by atoms with Gasteiger partial charge < -0.3 is 45.1 Å². The molecule has 0 aromatic carbocycles. The molecule has 0 saturated carbocycles. The number of ether oxygens (including phenoxy) is 3. The summed E-state index contributed by atoms with van der Waals surface area (Å²) in [7, 11) is 0. The van der Waals surface area contributed by atoms with Gasteiger partial charge in [0.15, 0.2) is 12.4 Å². The summed E-state index contributed by atoms with van der Waals surface area (Å²) in [5.41, 5.74) is 0. The van der Waals surface area contributed by atoms with Crippen molar-refractivity contribution in [1.82, 2.24) is 5.32 Å². The molecule has 11 nitrogen and oxygen atoms in total. The first-order chi connectivity index (χ1) is 45.7. The molecule has 1 aliphatic heterocycles. The first-order valence-corrected chi connectivity index (χ1v) is 39.4. The van der Waals surface area contributed by atoms with Crippen molar-refractivity contribution >= 4 is 11.9 Å². The van der Waals surface area contributed by atoms with Crippen molar-refractivity contribution in [3.63, 3.8) is 0 Å². The fraction of sp³-hybridized carbons (Fsp3) is 0.805. The molecular formula is C82H147NO10. The van der Waals surface area contributed by atoms with Crippen LogP contribution in [0, 0.1) is 0 Å². The van der Waals surface area contributed by atoms with Crippen molar-refractivity contribution in [2.45, 2.75) is 410 Å². The maximum absolute atomic E-state index is 13.5. The Hall–Kier alpha value is -3.16. The van der Waals surface area contributed by atoms with E-state index in [1.54, 1.807) is 6.08 Å². The topological polar surface area (TPSA) is 175 Å². The first-order valence-electron chi connectivity index (χ1n) is 39.4. The van der Waals surface area contributed by atoms with Crippen LogP contribution >= 0.6 is 0 Å². The molecule has 1 heterocycles. The number of hydrogen-bond acceptors (Lipinski definition) is 10. The molecule has 6 N–H and O–H groups in total. The van der Waals surface area contributed by atoms with Gasteiger partial charge in [-0.3, -0.25) is 9.59 Å². The van der Waals surface area contributed by atoms with E-state index in [9.17, 15) is 35.1 Å².